The van der Waals surface area contributed by atoms with Crippen molar-refractivity contribution >= 4 is 34.3 Å². The lowest BCUT2D eigenvalue weighted by atomic mass is 9.90. The molecule has 2 atom stereocenters. The van der Waals surface area contributed by atoms with Gasteiger partial charge in [-0.05, 0) is 43.7 Å². The Morgan fingerprint density at radius 1 is 1.20 bits per heavy atom. The molecule has 4 rings (SSSR count). The number of nitrogens with zero attached hydrogens (tertiary/aromatic N) is 1. The number of piperidine rings is 1. The van der Waals surface area contributed by atoms with E-state index in [9.17, 15) is 0 Å². The molecule has 3 heterocycles. The number of fused-ring (bicyclic) bond motifs is 3. The van der Waals surface area contributed by atoms with Crippen LogP contribution in [0.1, 0.15) is 31.6 Å². The highest BCUT2D eigenvalue weighted by atomic mass is 35.5. The molecule has 2 aliphatic heterocycles. The summed E-state index contributed by atoms with van der Waals surface area (Å²) in [7, 11) is 0. The van der Waals surface area contributed by atoms with Crippen LogP contribution in [0.3, 0.4) is 0 Å². The molecular formula is C15H16Cl2N2O. The van der Waals surface area contributed by atoms with Crippen LogP contribution in [-0.4, -0.2) is 17.1 Å². The molecule has 106 valence electrons. The minimum Gasteiger partial charge on any atom is -0.439 e. The highest BCUT2D eigenvalue weighted by molar-refractivity contribution is 6.37. The zero-order valence-electron chi connectivity index (χ0n) is 11.0. The fourth-order valence-corrected chi connectivity index (χ4v) is 4.20. The molecule has 2 aromatic rings. The summed E-state index contributed by atoms with van der Waals surface area (Å²) in [5.74, 6) is 1.45. The first kappa shape index (κ1) is 12.9. The maximum absolute atomic E-state index is 6.15. The first-order valence-electron chi connectivity index (χ1n) is 7.18. The van der Waals surface area contributed by atoms with Crippen LogP contribution in [0, 0.1) is 5.92 Å². The van der Waals surface area contributed by atoms with E-state index < -0.39 is 0 Å². The van der Waals surface area contributed by atoms with Gasteiger partial charge in [0.25, 0.3) is 0 Å². The maximum Gasteiger partial charge on any atom is 0.195 e. The van der Waals surface area contributed by atoms with Gasteiger partial charge in [-0.3, -0.25) is 0 Å². The van der Waals surface area contributed by atoms with Gasteiger partial charge < -0.3 is 9.73 Å². The zero-order valence-corrected chi connectivity index (χ0v) is 12.5. The molecule has 2 aliphatic rings. The summed E-state index contributed by atoms with van der Waals surface area (Å²) < 4.78 is 5.83. The minimum absolute atomic E-state index is 0.539. The average Bonchev–Trinajstić information content (AvgIpc) is 2.93. The lowest BCUT2D eigenvalue weighted by Crippen LogP contribution is -2.38. The number of benzene rings is 1. The van der Waals surface area contributed by atoms with Crippen LogP contribution in [0.25, 0.3) is 11.1 Å². The molecule has 0 spiro atoms. The molecule has 20 heavy (non-hydrogen) atoms. The molecule has 2 fully saturated rings. The van der Waals surface area contributed by atoms with Gasteiger partial charge in [0.1, 0.15) is 5.52 Å². The van der Waals surface area contributed by atoms with E-state index in [4.69, 9.17) is 27.6 Å². The molecule has 0 saturated carbocycles. The second-order valence-electron chi connectivity index (χ2n) is 6.02. The molecule has 1 aromatic carbocycles. The Morgan fingerprint density at radius 2 is 1.95 bits per heavy atom. The molecule has 2 bridgehead atoms. The third-order valence-electron chi connectivity index (χ3n) is 4.49. The van der Waals surface area contributed by atoms with Gasteiger partial charge in [0, 0.05) is 23.5 Å². The van der Waals surface area contributed by atoms with Crippen LogP contribution in [0.5, 0.6) is 0 Å². The first-order chi connectivity index (χ1) is 9.67. The number of hydrogen-bond donors (Lipinski definition) is 1. The summed E-state index contributed by atoms with van der Waals surface area (Å²) in [5.41, 5.74) is 1.41. The Morgan fingerprint density at radius 3 is 2.70 bits per heavy atom. The Bertz CT molecular complexity index is 643. The van der Waals surface area contributed by atoms with Gasteiger partial charge in [0.05, 0.1) is 5.02 Å². The Hall–Kier alpha value is -0.770. The number of rotatable bonds is 2. The smallest absolute Gasteiger partial charge is 0.195 e. The van der Waals surface area contributed by atoms with E-state index in [1.165, 1.54) is 25.7 Å². The van der Waals surface area contributed by atoms with Crippen molar-refractivity contribution in [3.8, 4) is 0 Å². The van der Waals surface area contributed by atoms with Crippen LogP contribution in [-0.2, 0) is 6.42 Å². The van der Waals surface area contributed by atoms with E-state index in [1.807, 2.05) is 6.07 Å². The van der Waals surface area contributed by atoms with Crippen molar-refractivity contribution in [1.29, 1.82) is 0 Å². The average molecular weight is 311 g/mol. The highest BCUT2D eigenvalue weighted by Gasteiger charge is 2.34. The summed E-state index contributed by atoms with van der Waals surface area (Å²) in [6.07, 6.45) is 5.98. The standard InChI is InChI=1S/C15H16Cl2N2O/c16-9-6-12(17)15-13(7-9)19-14(20-15)5-8-3-10-1-2-11(4-8)18-10/h6-8,10-11,18H,1-5H2. The van der Waals surface area contributed by atoms with Gasteiger partial charge >= 0.3 is 0 Å². The fraction of sp³-hybridized carbons (Fsp3) is 0.533. The molecule has 5 heteroatoms. The molecule has 0 radical (unpaired) electrons. The monoisotopic (exact) mass is 310 g/mol. The van der Waals surface area contributed by atoms with Crippen LogP contribution in [0.15, 0.2) is 16.5 Å². The van der Waals surface area contributed by atoms with Crippen molar-refractivity contribution in [3.63, 3.8) is 0 Å². The number of aromatic nitrogens is 1. The van der Waals surface area contributed by atoms with Crippen LogP contribution < -0.4 is 5.32 Å². The molecular weight excluding hydrogens is 295 g/mol. The van der Waals surface area contributed by atoms with E-state index in [-0.39, 0.29) is 0 Å². The normalized spacial score (nSPS) is 29.2. The lowest BCUT2D eigenvalue weighted by molar-refractivity contribution is 0.284. The van der Waals surface area contributed by atoms with E-state index in [1.54, 1.807) is 6.07 Å². The third-order valence-corrected chi connectivity index (χ3v) is 4.99. The summed E-state index contributed by atoms with van der Waals surface area (Å²) >= 11 is 12.1. The summed E-state index contributed by atoms with van der Waals surface area (Å²) in [5, 5.41) is 4.80. The molecule has 0 amide bonds. The van der Waals surface area contributed by atoms with Crippen molar-refractivity contribution in [1.82, 2.24) is 10.3 Å². The second-order valence-corrected chi connectivity index (χ2v) is 6.87. The molecule has 2 unspecified atom stereocenters. The molecule has 0 aliphatic carbocycles. The Balaban J connectivity index is 1.58. The van der Waals surface area contributed by atoms with E-state index in [0.717, 1.165) is 17.8 Å². The molecule has 2 saturated heterocycles. The zero-order chi connectivity index (χ0) is 13.7. The van der Waals surface area contributed by atoms with Crippen LogP contribution >= 0.6 is 23.2 Å². The summed E-state index contributed by atoms with van der Waals surface area (Å²) in [4.78, 5) is 4.54. The number of oxazole rings is 1. The van der Waals surface area contributed by atoms with E-state index in [0.29, 0.717) is 33.6 Å². The number of nitrogens with one attached hydrogen (secondary N) is 1. The van der Waals surface area contributed by atoms with E-state index >= 15 is 0 Å². The van der Waals surface area contributed by atoms with Crippen molar-refractivity contribution in [3.05, 3.63) is 28.1 Å². The first-order valence-corrected chi connectivity index (χ1v) is 7.93. The lowest BCUT2D eigenvalue weighted by Gasteiger charge is -2.28. The van der Waals surface area contributed by atoms with Crippen LogP contribution in [0.2, 0.25) is 10.0 Å². The Kier molecular flexibility index (Phi) is 3.17. The molecule has 3 nitrogen and oxygen atoms in total. The molecule has 1 N–H and O–H groups in total. The third kappa shape index (κ3) is 2.32. The van der Waals surface area contributed by atoms with Gasteiger partial charge in [-0.15, -0.1) is 0 Å². The predicted molar refractivity (Wildman–Crippen MR) is 80.4 cm³/mol. The Labute approximate surface area is 127 Å². The molecule has 1 aromatic heterocycles. The minimum atomic E-state index is 0.539. The number of halogens is 2. The van der Waals surface area contributed by atoms with Crippen molar-refractivity contribution in [2.24, 2.45) is 5.92 Å². The fourth-order valence-electron chi connectivity index (χ4n) is 3.68. The largest absolute Gasteiger partial charge is 0.439 e. The topological polar surface area (TPSA) is 38.1 Å². The van der Waals surface area contributed by atoms with Crippen molar-refractivity contribution < 1.29 is 4.42 Å². The SMILES string of the molecule is Clc1cc(Cl)c2oc(CC3CC4CCC(C3)N4)nc2c1. The summed E-state index contributed by atoms with van der Waals surface area (Å²) in [6, 6.07) is 4.90. The van der Waals surface area contributed by atoms with Gasteiger partial charge in [0.15, 0.2) is 11.5 Å². The maximum atomic E-state index is 6.15. The second kappa shape index (κ2) is 4.90. The highest BCUT2D eigenvalue weighted by Crippen LogP contribution is 2.34. The predicted octanol–water partition coefficient (Wildman–Crippen LogP) is 4.21. The summed E-state index contributed by atoms with van der Waals surface area (Å²) in [6.45, 7) is 0. The van der Waals surface area contributed by atoms with Gasteiger partial charge in [-0.25, -0.2) is 4.98 Å². The van der Waals surface area contributed by atoms with Crippen molar-refractivity contribution in [2.45, 2.75) is 44.2 Å². The van der Waals surface area contributed by atoms with Crippen molar-refractivity contribution in [2.75, 3.05) is 0 Å². The van der Waals surface area contributed by atoms with Crippen LogP contribution in [0.4, 0.5) is 0 Å². The van der Waals surface area contributed by atoms with Gasteiger partial charge in [-0.1, -0.05) is 23.2 Å². The van der Waals surface area contributed by atoms with E-state index in [2.05, 4.69) is 10.3 Å². The number of hydrogen-bond acceptors (Lipinski definition) is 3. The van der Waals surface area contributed by atoms with Gasteiger partial charge in [-0.2, -0.15) is 0 Å². The van der Waals surface area contributed by atoms with Gasteiger partial charge in [0.2, 0.25) is 0 Å². The quantitative estimate of drug-likeness (QED) is 0.903.